The number of sulfone groups is 1. The molecule has 1 fully saturated rings. The lowest BCUT2D eigenvalue weighted by molar-refractivity contribution is 0.0723. The van der Waals surface area contributed by atoms with Crippen LogP contribution in [-0.4, -0.2) is 44.7 Å². The Balaban J connectivity index is 1.67. The summed E-state index contributed by atoms with van der Waals surface area (Å²) in [6, 6.07) is 3.60. The van der Waals surface area contributed by atoms with Gasteiger partial charge in [0, 0.05) is 19.4 Å². The number of nitrogens with zero attached hydrogens (tertiary/aromatic N) is 1. The molecule has 1 aromatic rings. The second kappa shape index (κ2) is 7.59. The second-order valence-corrected chi connectivity index (χ2v) is 7.29. The Morgan fingerprint density at radius 1 is 1.35 bits per heavy atom. The summed E-state index contributed by atoms with van der Waals surface area (Å²) in [5.41, 5.74) is 0. The highest BCUT2D eigenvalue weighted by Crippen LogP contribution is 2.17. The number of ether oxygens (including phenoxy) is 2. The van der Waals surface area contributed by atoms with Gasteiger partial charge in [0.1, 0.15) is 5.75 Å². The second-order valence-electron chi connectivity index (χ2n) is 5.06. The number of rotatable bonds is 7. The topological polar surface area (TPSA) is 65.5 Å². The Kier molecular flexibility index (Phi) is 5.79. The molecule has 0 amide bonds. The van der Waals surface area contributed by atoms with Crippen LogP contribution in [0.3, 0.4) is 0 Å². The zero-order valence-corrected chi connectivity index (χ0v) is 12.3. The summed E-state index contributed by atoms with van der Waals surface area (Å²) in [6.07, 6.45) is 5.51. The lowest BCUT2D eigenvalue weighted by Gasteiger charge is -2.21. The van der Waals surface area contributed by atoms with Gasteiger partial charge in [0.15, 0.2) is 9.84 Å². The van der Waals surface area contributed by atoms with Crippen molar-refractivity contribution < 1.29 is 17.9 Å². The van der Waals surface area contributed by atoms with Crippen molar-refractivity contribution in [3.8, 4) is 5.75 Å². The molecule has 0 aliphatic carbocycles. The highest BCUT2D eigenvalue weighted by Gasteiger charge is 2.21. The third-order valence-corrected chi connectivity index (χ3v) is 5.22. The lowest BCUT2D eigenvalue weighted by atomic mass is 10.0. The third-order valence-electron chi connectivity index (χ3n) is 3.33. The molecule has 5 nitrogen and oxygen atoms in total. The Hall–Kier alpha value is -1.14. The van der Waals surface area contributed by atoms with E-state index in [1.807, 2.05) is 6.07 Å². The van der Waals surface area contributed by atoms with Gasteiger partial charge in [-0.25, -0.2) is 8.42 Å². The average molecular weight is 299 g/mol. The molecule has 2 rings (SSSR count). The SMILES string of the molecule is O=S(=O)(CCCOc1cccnc1)CC1CCOCC1. The Morgan fingerprint density at radius 2 is 2.15 bits per heavy atom. The molecule has 0 saturated carbocycles. The van der Waals surface area contributed by atoms with Crippen molar-refractivity contribution in [2.45, 2.75) is 19.3 Å². The van der Waals surface area contributed by atoms with Crippen LogP contribution >= 0.6 is 0 Å². The highest BCUT2D eigenvalue weighted by molar-refractivity contribution is 7.91. The van der Waals surface area contributed by atoms with Gasteiger partial charge in [-0.3, -0.25) is 4.98 Å². The molecule has 20 heavy (non-hydrogen) atoms. The molecule has 0 N–H and O–H groups in total. The number of pyridine rings is 1. The summed E-state index contributed by atoms with van der Waals surface area (Å²) in [5, 5.41) is 0. The first kappa shape index (κ1) is 15.3. The highest BCUT2D eigenvalue weighted by atomic mass is 32.2. The van der Waals surface area contributed by atoms with E-state index in [-0.39, 0.29) is 17.4 Å². The van der Waals surface area contributed by atoms with E-state index in [2.05, 4.69) is 4.98 Å². The summed E-state index contributed by atoms with van der Waals surface area (Å²) in [7, 11) is -2.99. The summed E-state index contributed by atoms with van der Waals surface area (Å²) in [6.45, 7) is 1.77. The van der Waals surface area contributed by atoms with E-state index in [0.29, 0.717) is 32.0 Å². The van der Waals surface area contributed by atoms with Crippen LogP contribution < -0.4 is 4.74 Å². The number of hydrogen-bond acceptors (Lipinski definition) is 5. The van der Waals surface area contributed by atoms with Crippen LogP contribution in [0.2, 0.25) is 0 Å². The van der Waals surface area contributed by atoms with E-state index in [1.54, 1.807) is 18.5 Å². The maximum absolute atomic E-state index is 12.0. The van der Waals surface area contributed by atoms with E-state index in [0.717, 1.165) is 12.8 Å². The van der Waals surface area contributed by atoms with Crippen LogP contribution in [0.25, 0.3) is 0 Å². The van der Waals surface area contributed by atoms with Gasteiger partial charge in [-0.1, -0.05) is 0 Å². The van der Waals surface area contributed by atoms with Crippen molar-refractivity contribution in [1.82, 2.24) is 4.98 Å². The molecule has 0 aromatic carbocycles. The first-order valence-electron chi connectivity index (χ1n) is 6.97. The van der Waals surface area contributed by atoms with Crippen molar-refractivity contribution in [1.29, 1.82) is 0 Å². The van der Waals surface area contributed by atoms with Gasteiger partial charge in [0.05, 0.1) is 24.3 Å². The lowest BCUT2D eigenvalue weighted by Crippen LogP contribution is -2.25. The third kappa shape index (κ3) is 5.46. The molecule has 0 unspecified atom stereocenters. The van der Waals surface area contributed by atoms with Crippen molar-refractivity contribution in [2.24, 2.45) is 5.92 Å². The quantitative estimate of drug-likeness (QED) is 0.717. The van der Waals surface area contributed by atoms with Gasteiger partial charge in [-0.05, 0) is 37.3 Å². The summed E-state index contributed by atoms with van der Waals surface area (Å²) in [5.74, 6) is 1.40. The Labute approximate surface area is 120 Å². The summed E-state index contributed by atoms with van der Waals surface area (Å²) in [4.78, 5) is 3.93. The molecular formula is C14H21NO4S. The maximum atomic E-state index is 12.0. The smallest absolute Gasteiger partial charge is 0.150 e. The molecule has 1 saturated heterocycles. The van der Waals surface area contributed by atoms with Crippen molar-refractivity contribution in [2.75, 3.05) is 31.3 Å². The van der Waals surface area contributed by atoms with Gasteiger partial charge in [0.25, 0.3) is 0 Å². The molecule has 1 aliphatic rings. The van der Waals surface area contributed by atoms with Crippen LogP contribution in [0.15, 0.2) is 24.5 Å². The molecule has 112 valence electrons. The Bertz CT molecular complexity index is 483. The van der Waals surface area contributed by atoms with Crippen LogP contribution in [0.5, 0.6) is 5.75 Å². The first-order valence-corrected chi connectivity index (χ1v) is 8.79. The van der Waals surface area contributed by atoms with E-state index in [1.165, 1.54) is 0 Å². The minimum Gasteiger partial charge on any atom is -0.492 e. The minimum atomic E-state index is -2.99. The van der Waals surface area contributed by atoms with Crippen LogP contribution in [-0.2, 0) is 14.6 Å². The van der Waals surface area contributed by atoms with E-state index >= 15 is 0 Å². The van der Waals surface area contributed by atoms with Crippen LogP contribution in [0, 0.1) is 5.92 Å². The van der Waals surface area contributed by atoms with Gasteiger partial charge in [-0.15, -0.1) is 0 Å². The molecule has 0 atom stereocenters. The predicted octanol–water partition coefficient (Wildman–Crippen LogP) is 1.69. The molecule has 0 radical (unpaired) electrons. The van der Waals surface area contributed by atoms with Crippen molar-refractivity contribution >= 4 is 9.84 Å². The van der Waals surface area contributed by atoms with Crippen molar-refractivity contribution in [3.05, 3.63) is 24.5 Å². The summed E-state index contributed by atoms with van der Waals surface area (Å²) < 4.78 is 34.7. The van der Waals surface area contributed by atoms with Gasteiger partial charge < -0.3 is 9.47 Å². The fourth-order valence-corrected chi connectivity index (χ4v) is 4.03. The molecule has 0 spiro atoms. The Morgan fingerprint density at radius 3 is 2.85 bits per heavy atom. The van der Waals surface area contributed by atoms with Gasteiger partial charge >= 0.3 is 0 Å². The zero-order valence-electron chi connectivity index (χ0n) is 11.5. The molecule has 1 aromatic heterocycles. The van der Waals surface area contributed by atoms with Crippen molar-refractivity contribution in [3.63, 3.8) is 0 Å². The van der Waals surface area contributed by atoms with E-state index in [4.69, 9.17) is 9.47 Å². The largest absolute Gasteiger partial charge is 0.492 e. The van der Waals surface area contributed by atoms with Gasteiger partial charge in [0.2, 0.25) is 0 Å². The van der Waals surface area contributed by atoms with Crippen LogP contribution in [0.1, 0.15) is 19.3 Å². The fourth-order valence-electron chi connectivity index (χ4n) is 2.26. The van der Waals surface area contributed by atoms with Crippen LogP contribution in [0.4, 0.5) is 0 Å². The van der Waals surface area contributed by atoms with E-state index < -0.39 is 9.84 Å². The molecule has 1 aliphatic heterocycles. The number of hydrogen-bond donors (Lipinski definition) is 0. The molecular weight excluding hydrogens is 278 g/mol. The first-order chi connectivity index (χ1) is 9.66. The fraction of sp³-hybridized carbons (Fsp3) is 0.643. The van der Waals surface area contributed by atoms with Gasteiger partial charge in [-0.2, -0.15) is 0 Å². The predicted molar refractivity (Wildman–Crippen MR) is 76.5 cm³/mol. The molecule has 2 heterocycles. The summed E-state index contributed by atoms with van der Waals surface area (Å²) >= 11 is 0. The standard InChI is InChI=1S/C14H21NO4S/c16-20(17,12-13-4-8-18-9-5-13)10-2-7-19-14-3-1-6-15-11-14/h1,3,6,11,13H,2,4-5,7-10,12H2. The minimum absolute atomic E-state index is 0.185. The molecule has 0 bridgehead atoms. The zero-order chi connectivity index (χ0) is 14.3. The maximum Gasteiger partial charge on any atom is 0.150 e. The average Bonchev–Trinajstić information content (AvgIpc) is 2.45. The number of aromatic nitrogens is 1. The van der Waals surface area contributed by atoms with E-state index in [9.17, 15) is 8.42 Å². The monoisotopic (exact) mass is 299 g/mol. The normalized spacial score (nSPS) is 17.0. The molecule has 6 heteroatoms.